The Bertz CT molecular complexity index is 194. The average molecular weight is 212 g/mol. The topological polar surface area (TPSA) is 24.5 Å². The normalized spacial score (nSPS) is 33.2. The van der Waals surface area contributed by atoms with Crippen molar-refractivity contribution in [1.82, 2.24) is 10.2 Å². The number of rotatable bonds is 5. The molecule has 2 fully saturated rings. The average Bonchev–Trinajstić information content (AvgIpc) is 3.02. The van der Waals surface area contributed by atoms with Gasteiger partial charge in [0, 0.05) is 38.3 Å². The molecule has 1 N–H and O–H groups in total. The maximum atomic E-state index is 5.46. The number of nitrogens with one attached hydrogen (secondary N) is 1. The van der Waals surface area contributed by atoms with Crippen LogP contribution in [-0.2, 0) is 4.74 Å². The molecule has 1 saturated carbocycles. The zero-order valence-corrected chi connectivity index (χ0v) is 10.0. The fourth-order valence-electron chi connectivity index (χ4n) is 2.53. The molecule has 1 saturated heterocycles. The third kappa shape index (κ3) is 3.16. The molecule has 2 atom stereocenters. The second-order valence-corrected chi connectivity index (χ2v) is 4.91. The van der Waals surface area contributed by atoms with Gasteiger partial charge in [-0.1, -0.05) is 0 Å². The fraction of sp³-hybridized carbons (Fsp3) is 1.00. The monoisotopic (exact) mass is 212 g/mol. The molecule has 1 aliphatic carbocycles. The third-order valence-electron chi connectivity index (χ3n) is 3.55. The van der Waals surface area contributed by atoms with E-state index in [0.29, 0.717) is 6.04 Å². The number of nitrogens with zero attached hydrogens (tertiary/aromatic N) is 1. The molecule has 0 aromatic carbocycles. The van der Waals surface area contributed by atoms with Crippen LogP contribution in [-0.4, -0.2) is 49.8 Å². The predicted octanol–water partition coefficient (Wildman–Crippen LogP) is 1.10. The van der Waals surface area contributed by atoms with Gasteiger partial charge in [-0.3, -0.25) is 4.90 Å². The molecular weight excluding hydrogens is 188 g/mol. The van der Waals surface area contributed by atoms with Crippen LogP contribution in [0.1, 0.15) is 26.7 Å². The van der Waals surface area contributed by atoms with Gasteiger partial charge in [0.25, 0.3) is 0 Å². The number of hydrogen-bond acceptors (Lipinski definition) is 3. The van der Waals surface area contributed by atoms with Crippen molar-refractivity contribution >= 4 is 0 Å². The van der Waals surface area contributed by atoms with Gasteiger partial charge in [0.05, 0.1) is 6.61 Å². The number of hydrogen-bond donors (Lipinski definition) is 1. The first kappa shape index (κ1) is 11.4. The van der Waals surface area contributed by atoms with Crippen molar-refractivity contribution in [1.29, 1.82) is 0 Å². The molecule has 0 radical (unpaired) electrons. The molecular formula is C12H24N2O. The van der Waals surface area contributed by atoms with Crippen LogP contribution in [0.2, 0.25) is 0 Å². The summed E-state index contributed by atoms with van der Waals surface area (Å²) in [4.78, 5) is 2.63. The van der Waals surface area contributed by atoms with Crippen molar-refractivity contribution in [2.24, 2.45) is 5.92 Å². The molecule has 0 amide bonds. The Balaban J connectivity index is 1.79. The van der Waals surface area contributed by atoms with Crippen molar-refractivity contribution in [2.75, 3.05) is 32.8 Å². The molecule has 1 aliphatic heterocycles. The molecule has 2 unspecified atom stereocenters. The largest absolute Gasteiger partial charge is 0.380 e. The second-order valence-electron chi connectivity index (χ2n) is 4.91. The number of ether oxygens (including phenoxy) is 1. The minimum absolute atomic E-state index is 0.640. The fourth-order valence-corrected chi connectivity index (χ4v) is 2.53. The van der Waals surface area contributed by atoms with Crippen molar-refractivity contribution in [3.8, 4) is 0 Å². The molecule has 0 bridgehead atoms. The maximum Gasteiger partial charge on any atom is 0.0593 e. The van der Waals surface area contributed by atoms with Crippen LogP contribution in [0.3, 0.4) is 0 Å². The Labute approximate surface area is 93.2 Å². The van der Waals surface area contributed by atoms with Crippen LogP contribution in [0.5, 0.6) is 0 Å². The van der Waals surface area contributed by atoms with E-state index in [1.807, 2.05) is 0 Å². The van der Waals surface area contributed by atoms with Crippen molar-refractivity contribution in [3.63, 3.8) is 0 Å². The summed E-state index contributed by atoms with van der Waals surface area (Å²) < 4.78 is 5.46. The Morgan fingerprint density at radius 3 is 2.87 bits per heavy atom. The lowest BCUT2D eigenvalue weighted by molar-refractivity contribution is 0.0653. The Morgan fingerprint density at radius 1 is 1.40 bits per heavy atom. The summed E-state index contributed by atoms with van der Waals surface area (Å²) in [6.45, 7) is 9.56. The smallest absolute Gasteiger partial charge is 0.0593 e. The highest BCUT2D eigenvalue weighted by Crippen LogP contribution is 2.36. The first-order chi connectivity index (χ1) is 7.31. The first-order valence-electron chi connectivity index (χ1n) is 6.36. The van der Waals surface area contributed by atoms with Gasteiger partial charge in [-0.25, -0.2) is 0 Å². The molecule has 3 heteroatoms. The highest BCUT2D eigenvalue weighted by Gasteiger charge is 2.37. The standard InChI is InChI=1S/C12H24N2O/c1-3-15-7-6-14-9-10(2)13-8-12(14)11-4-5-11/h10-13H,3-9H2,1-2H3. The molecule has 88 valence electrons. The van der Waals surface area contributed by atoms with Gasteiger partial charge in [0.1, 0.15) is 0 Å². The quantitative estimate of drug-likeness (QED) is 0.691. The second kappa shape index (κ2) is 5.28. The lowest BCUT2D eigenvalue weighted by Gasteiger charge is -2.39. The first-order valence-corrected chi connectivity index (χ1v) is 6.36. The van der Waals surface area contributed by atoms with Gasteiger partial charge in [-0.15, -0.1) is 0 Å². The molecule has 0 aromatic rings. The van der Waals surface area contributed by atoms with Crippen LogP contribution in [0, 0.1) is 5.92 Å². The Kier molecular flexibility index (Phi) is 4.00. The predicted molar refractivity (Wildman–Crippen MR) is 62.0 cm³/mol. The summed E-state index contributed by atoms with van der Waals surface area (Å²) in [6.07, 6.45) is 2.87. The van der Waals surface area contributed by atoms with E-state index < -0.39 is 0 Å². The van der Waals surface area contributed by atoms with E-state index in [0.717, 1.165) is 31.7 Å². The summed E-state index contributed by atoms with van der Waals surface area (Å²) in [5.41, 5.74) is 0. The van der Waals surface area contributed by atoms with Gasteiger partial charge < -0.3 is 10.1 Å². The third-order valence-corrected chi connectivity index (χ3v) is 3.55. The van der Waals surface area contributed by atoms with Gasteiger partial charge in [-0.05, 0) is 32.6 Å². The molecule has 0 aromatic heterocycles. The van der Waals surface area contributed by atoms with Gasteiger partial charge in [0.2, 0.25) is 0 Å². The molecule has 0 spiro atoms. The summed E-state index contributed by atoms with van der Waals surface area (Å²) in [6, 6.07) is 1.42. The summed E-state index contributed by atoms with van der Waals surface area (Å²) in [5, 5.41) is 3.59. The van der Waals surface area contributed by atoms with E-state index in [1.165, 1.54) is 25.9 Å². The van der Waals surface area contributed by atoms with E-state index in [4.69, 9.17) is 4.74 Å². The summed E-state index contributed by atoms with van der Waals surface area (Å²) >= 11 is 0. The highest BCUT2D eigenvalue weighted by molar-refractivity contribution is 4.94. The van der Waals surface area contributed by atoms with Crippen LogP contribution in [0.4, 0.5) is 0 Å². The SMILES string of the molecule is CCOCCN1CC(C)NCC1C1CC1. The number of piperazine rings is 1. The highest BCUT2D eigenvalue weighted by atomic mass is 16.5. The zero-order valence-electron chi connectivity index (χ0n) is 10.0. The molecule has 2 rings (SSSR count). The molecule has 3 nitrogen and oxygen atoms in total. The van der Waals surface area contributed by atoms with E-state index in [9.17, 15) is 0 Å². The van der Waals surface area contributed by atoms with Gasteiger partial charge in [0.15, 0.2) is 0 Å². The van der Waals surface area contributed by atoms with Crippen LogP contribution >= 0.6 is 0 Å². The van der Waals surface area contributed by atoms with Crippen molar-refractivity contribution in [3.05, 3.63) is 0 Å². The summed E-state index contributed by atoms with van der Waals surface area (Å²) in [7, 11) is 0. The van der Waals surface area contributed by atoms with Crippen molar-refractivity contribution < 1.29 is 4.74 Å². The lowest BCUT2D eigenvalue weighted by Crippen LogP contribution is -2.57. The Morgan fingerprint density at radius 2 is 2.20 bits per heavy atom. The van der Waals surface area contributed by atoms with Crippen LogP contribution in [0.25, 0.3) is 0 Å². The van der Waals surface area contributed by atoms with Gasteiger partial charge in [-0.2, -0.15) is 0 Å². The van der Waals surface area contributed by atoms with Crippen LogP contribution in [0.15, 0.2) is 0 Å². The maximum absolute atomic E-state index is 5.46. The summed E-state index contributed by atoms with van der Waals surface area (Å²) in [5.74, 6) is 0.964. The minimum atomic E-state index is 0.640. The lowest BCUT2D eigenvalue weighted by atomic mass is 10.1. The Hall–Kier alpha value is -0.120. The molecule has 2 aliphatic rings. The molecule has 1 heterocycles. The van der Waals surface area contributed by atoms with E-state index in [-0.39, 0.29) is 0 Å². The van der Waals surface area contributed by atoms with Crippen LogP contribution < -0.4 is 5.32 Å². The van der Waals surface area contributed by atoms with E-state index in [2.05, 4.69) is 24.1 Å². The zero-order chi connectivity index (χ0) is 10.7. The van der Waals surface area contributed by atoms with Crippen molar-refractivity contribution in [2.45, 2.75) is 38.8 Å². The van der Waals surface area contributed by atoms with E-state index in [1.54, 1.807) is 0 Å². The minimum Gasteiger partial charge on any atom is -0.380 e. The van der Waals surface area contributed by atoms with E-state index >= 15 is 0 Å². The van der Waals surface area contributed by atoms with Gasteiger partial charge >= 0.3 is 0 Å². The molecule has 15 heavy (non-hydrogen) atoms.